The van der Waals surface area contributed by atoms with Crippen LogP contribution in [0.2, 0.25) is 5.02 Å². The maximum atomic E-state index is 12.9. The molecule has 0 amide bonds. The van der Waals surface area contributed by atoms with Crippen LogP contribution in [0.4, 0.5) is 13.2 Å². The minimum absolute atomic E-state index is 0.123. The highest BCUT2D eigenvalue weighted by molar-refractivity contribution is 6.30. The molecule has 0 saturated carbocycles. The molecule has 2 aromatic carbocycles. The van der Waals surface area contributed by atoms with Gasteiger partial charge in [-0.3, -0.25) is 9.89 Å². The molecule has 3 nitrogen and oxygen atoms in total. The number of nitrogens with one attached hydrogen (secondary N) is 1. The Morgan fingerprint density at radius 3 is 2.38 bits per heavy atom. The summed E-state index contributed by atoms with van der Waals surface area (Å²) in [5, 5.41) is 3.36. The molecule has 0 unspecified atom stereocenters. The fourth-order valence-corrected chi connectivity index (χ4v) is 2.63. The molecule has 24 heavy (non-hydrogen) atoms. The second kappa shape index (κ2) is 5.87. The lowest BCUT2D eigenvalue weighted by molar-refractivity contribution is -0.137. The van der Waals surface area contributed by atoms with Crippen molar-refractivity contribution in [1.29, 1.82) is 0 Å². The third-order valence-corrected chi connectivity index (χ3v) is 3.89. The van der Waals surface area contributed by atoms with Crippen molar-refractivity contribution in [3.63, 3.8) is 0 Å². The van der Waals surface area contributed by atoms with E-state index >= 15 is 0 Å². The van der Waals surface area contributed by atoms with Gasteiger partial charge in [0.25, 0.3) is 5.56 Å². The molecule has 0 bridgehead atoms. The van der Waals surface area contributed by atoms with E-state index in [4.69, 9.17) is 11.6 Å². The lowest BCUT2D eigenvalue weighted by Gasteiger charge is -2.08. The van der Waals surface area contributed by atoms with Crippen molar-refractivity contribution in [3.05, 3.63) is 75.2 Å². The topological polar surface area (TPSA) is 37.8 Å². The van der Waals surface area contributed by atoms with E-state index in [1.165, 1.54) is 12.1 Å². The Kier molecular flexibility index (Phi) is 4.01. The van der Waals surface area contributed by atoms with Crippen molar-refractivity contribution < 1.29 is 13.2 Å². The molecule has 0 radical (unpaired) electrons. The van der Waals surface area contributed by atoms with Crippen molar-refractivity contribution in [2.45, 2.75) is 13.1 Å². The highest BCUT2D eigenvalue weighted by Crippen LogP contribution is 2.30. The number of alkyl halides is 3. The molecule has 7 heteroatoms. The molecule has 0 atom stereocenters. The highest BCUT2D eigenvalue weighted by Gasteiger charge is 2.30. The van der Waals surface area contributed by atoms with E-state index in [0.717, 1.165) is 16.8 Å². The standard InChI is InChI=1S/C17H12ClF3N2O/c1-10-15(11-5-7-13(18)8-6-11)16(24)23(22-10)14-4-2-3-12(9-14)17(19,20)21/h2-9,22H,1H3. The van der Waals surface area contributed by atoms with Gasteiger partial charge in [0.1, 0.15) is 0 Å². The van der Waals surface area contributed by atoms with E-state index in [9.17, 15) is 18.0 Å². The third-order valence-electron chi connectivity index (χ3n) is 3.64. The largest absolute Gasteiger partial charge is 0.416 e. The predicted octanol–water partition coefficient (Wildman–Crippen LogP) is 4.81. The van der Waals surface area contributed by atoms with E-state index in [2.05, 4.69) is 5.10 Å². The van der Waals surface area contributed by atoms with Gasteiger partial charge in [-0.05, 0) is 42.8 Å². The third kappa shape index (κ3) is 2.97. The molecule has 0 aliphatic rings. The van der Waals surface area contributed by atoms with Gasteiger partial charge in [-0.25, -0.2) is 4.68 Å². The van der Waals surface area contributed by atoms with Gasteiger partial charge in [-0.15, -0.1) is 0 Å². The molecular weight excluding hydrogens is 341 g/mol. The Balaban J connectivity index is 2.13. The molecule has 0 aliphatic heterocycles. The van der Waals surface area contributed by atoms with Gasteiger partial charge in [-0.2, -0.15) is 13.2 Å². The van der Waals surface area contributed by atoms with Crippen molar-refractivity contribution in [3.8, 4) is 16.8 Å². The Morgan fingerprint density at radius 1 is 1.08 bits per heavy atom. The van der Waals surface area contributed by atoms with Gasteiger partial charge in [-0.1, -0.05) is 29.8 Å². The molecule has 3 rings (SSSR count). The second-order valence-electron chi connectivity index (χ2n) is 5.31. The summed E-state index contributed by atoms with van der Waals surface area (Å²) in [5.74, 6) is 0. The normalized spacial score (nSPS) is 11.7. The number of hydrogen-bond donors (Lipinski definition) is 1. The summed E-state index contributed by atoms with van der Waals surface area (Å²) in [6.07, 6.45) is -4.47. The number of benzene rings is 2. The zero-order valence-corrected chi connectivity index (χ0v) is 13.2. The van der Waals surface area contributed by atoms with Crippen LogP contribution in [0.3, 0.4) is 0 Å². The van der Waals surface area contributed by atoms with Crippen LogP contribution in [0.15, 0.2) is 53.3 Å². The fourth-order valence-electron chi connectivity index (χ4n) is 2.51. The van der Waals surface area contributed by atoms with Crippen LogP contribution < -0.4 is 5.56 Å². The summed E-state index contributed by atoms with van der Waals surface area (Å²) in [4.78, 5) is 12.7. The Bertz CT molecular complexity index is 940. The Morgan fingerprint density at radius 2 is 1.75 bits per heavy atom. The average molecular weight is 353 g/mol. The first-order valence-electron chi connectivity index (χ1n) is 7.02. The maximum absolute atomic E-state index is 12.9. The van der Waals surface area contributed by atoms with E-state index in [1.807, 2.05) is 0 Å². The van der Waals surface area contributed by atoms with E-state index in [1.54, 1.807) is 31.2 Å². The fraction of sp³-hybridized carbons (Fsp3) is 0.118. The lowest BCUT2D eigenvalue weighted by Crippen LogP contribution is -2.16. The van der Waals surface area contributed by atoms with Crippen LogP contribution in [0.1, 0.15) is 11.3 Å². The molecule has 0 fully saturated rings. The van der Waals surface area contributed by atoms with Gasteiger partial charge < -0.3 is 0 Å². The summed E-state index contributed by atoms with van der Waals surface area (Å²) in [5.41, 5.74) is 0.479. The number of H-pyrrole nitrogens is 1. The van der Waals surface area contributed by atoms with Crippen molar-refractivity contribution in [2.75, 3.05) is 0 Å². The number of aryl methyl sites for hydroxylation is 1. The number of halogens is 4. The number of aromatic amines is 1. The molecular formula is C17H12ClF3N2O. The zero-order chi connectivity index (χ0) is 17.5. The van der Waals surface area contributed by atoms with E-state index < -0.39 is 17.3 Å². The highest BCUT2D eigenvalue weighted by atomic mass is 35.5. The van der Waals surface area contributed by atoms with Crippen LogP contribution in [0.25, 0.3) is 16.8 Å². The first kappa shape index (κ1) is 16.4. The van der Waals surface area contributed by atoms with Crippen molar-refractivity contribution in [2.24, 2.45) is 0 Å². The van der Waals surface area contributed by atoms with Gasteiger partial charge in [0.2, 0.25) is 0 Å². The maximum Gasteiger partial charge on any atom is 0.416 e. The number of aromatic nitrogens is 2. The number of hydrogen-bond acceptors (Lipinski definition) is 1. The molecule has 0 saturated heterocycles. The first-order chi connectivity index (χ1) is 11.3. The minimum atomic E-state index is -4.47. The number of nitrogens with zero attached hydrogens (tertiary/aromatic N) is 1. The summed E-state index contributed by atoms with van der Waals surface area (Å²) < 4.78 is 39.7. The molecule has 1 N–H and O–H groups in total. The predicted molar refractivity (Wildman–Crippen MR) is 86.6 cm³/mol. The van der Waals surface area contributed by atoms with E-state index in [0.29, 0.717) is 21.8 Å². The molecule has 0 aliphatic carbocycles. The van der Waals surface area contributed by atoms with Crippen LogP contribution in [-0.2, 0) is 6.18 Å². The van der Waals surface area contributed by atoms with E-state index in [-0.39, 0.29) is 5.69 Å². The molecule has 1 heterocycles. The summed E-state index contributed by atoms with van der Waals surface area (Å²) in [6, 6.07) is 11.3. The molecule has 0 spiro atoms. The smallest absolute Gasteiger partial charge is 0.295 e. The summed E-state index contributed by atoms with van der Waals surface area (Å²) in [6.45, 7) is 1.69. The number of rotatable bonds is 2. The molecule has 1 aromatic heterocycles. The van der Waals surface area contributed by atoms with Gasteiger partial charge in [0.15, 0.2) is 0 Å². The average Bonchev–Trinajstić information content (AvgIpc) is 2.83. The SMILES string of the molecule is Cc1[nH]n(-c2cccc(C(F)(F)F)c2)c(=O)c1-c1ccc(Cl)cc1. The van der Waals surface area contributed by atoms with Crippen LogP contribution in [0, 0.1) is 6.92 Å². The summed E-state index contributed by atoms with van der Waals surface area (Å²) in [7, 11) is 0. The van der Waals surface area contributed by atoms with Crippen LogP contribution in [0.5, 0.6) is 0 Å². The summed E-state index contributed by atoms with van der Waals surface area (Å²) >= 11 is 5.84. The van der Waals surface area contributed by atoms with Crippen molar-refractivity contribution in [1.82, 2.24) is 9.78 Å². The first-order valence-corrected chi connectivity index (χ1v) is 7.40. The minimum Gasteiger partial charge on any atom is -0.295 e. The zero-order valence-electron chi connectivity index (χ0n) is 12.5. The Hall–Kier alpha value is -2.47. The van der Waals surface area contributed by atoms with Gasteiger partial charge in [0.05, 0.1) is 16.8 Å². The van der Waals surface area contributed by atoms with Crippen molar-refractivity contribution >= 4 is 11.6 Å². The van der Waals surface area contributed by atoms with Crippen LogP contribution >= 0.6 is 11.6 Å². The van der Waals surface area contributed by atoms with Gasteiger partial charge >= 0.3 is 6.18 Å². The Labute approximate surface area is 140 Å². The van der Waals surface area contributed by atoms with Gasteiger partial charge in [0, 0.05) is 10.7 Å². The quantitative estimate of drug-likeness (QED) is 0.706. The second-order valence-corrected chi connectivity index (χ2v) is 5.74. The van der Waals surface area contributed by atoms with Crippen LogP contribution in [-0.4, -0.2) is 9.78 Å². The molecule has 3 aromatic rings. The monoisotopic (exact) mass is 352 g/mol. The molecule has 124 valence electrons. The lowest BCUT2D eigenvalue weighted by atomic mass is 10.1.